The lowest BCUT2D eigenvalue weighted by Crippen LogP contribution is -2.38. The minimum atomic E-state index is -0.186. The number of carbonyl (C=O) groups is 1. The normalized spacial score (nSPS) is 17.4. The number of aryl methyl sites for hydroxylation is 1. The molecule has 1 aliphatic heterocycles. The molecular weight excluding hydrogens is 324 g/mol. The summed E-state index contributed by atoms with van der Waals surface area (Å²) in [6.07, 6.45) is 2.81. The molecular formula is C17H22N4O2S. The van der Waals surface area contributed by atoms with E-state index in [1.165, 1.54) is 5.75 Å². The number of benzene rings is 1. The quantitative estimate of drug-likeness (QED) is 0.867. The first-order chi connectivity index (χ1) is 11.5. The number of anilines is 1. The van der Waals surface area contributed by atoms with Crippen molar-refractivity contribution in [1.82, 2.24) is 14.5 Å². The molecule has 1 fully saturated rings. The average Bonchev–Trinajstić information content (AvgIpc) is 3.18. The Morgan fingerprint density at radius 3 is 3.00 bits per heavy atom. The number of hydrogen-bond donors (Lipinski definition) is 2. The van der Waals surface area contributed by atoms with E-state index in [9.17, 15) is 9.59 Å². The molecule has 2 N–H and O–H groups in total. The highest BCUT2D eigenvalue weighted by atomic mass is 32.2. The van der Waals surface area contributed by atoms with Crippen molar-refractivity contribution in [2.75, 3.05) is 30.4 Å². The van der Waals surface area contributed by atoms with Crippen LogP contribution >= 0.6 is 11.8 Å². The van der Waals surface area contributed by atoms with Crippen molar-refractivity contribution in [3.8, 4) is 5.69 Å². The second kappa shape index (κ2) is 7.27. The van der Waals surface area contributed by atoms with E-state index in [0.717, 1.165) is 23.6 Å². The molecule has 1 amide bonds. The van der Waals surface area contributed by atoms with Gasteiger partial charge in [-0.1, -0.05) is 6.07 Å². The van der Waals surface area contributed by atoms with Gasteiger partial charge < -0.3 is 10.3 Å². The van der Waals surface area contributed by atoms with Crippen LogP contribution < -0.4 is 11.0 Å². The van der Waals surface area contributed by atoms with Crippen LogP contribution in [0.25, 0.3) is 5.69 Å². The minimum absolute atomic E-state index is 0.0373. The van der Waals surface area contributed by atoms with Gasteiger partial charge in [0, 0.05) is 29.4 Å². The zero-order valence-electron chi connectivity index (χ0n) is 13.9. The van der Waals surface area contributed by atoms with Gasteiger partial charge >= 0.3 is 5.69 Å². The van der Waals surface area contributed by atoms with Crippen LogP contribution in [0.2, 0.25) is 0 Å². The van der Waals surface area contributed by atoms with Gasteiger partial charge in [-0.2, -0.15) is 11.8 Å². The standard InChI is InChI=1S/C17H22N4O2S/c1-12-9-18-17(23)21(12)14-5-3-4-13(8-14)19-16(22)10-20(2)15-6-7-24-11-15/h3-5,8-9,15H,6-7,10-11H2,1-2H3,(H,18,23)(H,19,22)/t15-/m1/s1. The molecule has 6 nitrogen and oxygen atoms in total. The molecule has 7 heteroatoms. The Morgan fingerprint density at radius 1 is 1.50 bits per heavy atom. The maximum absolute atomic E-state index is 12.3. The van der Waals surface area contributed by atoms with Crippen molar-refractivity contribution >= 4 is 23.4 Å². The summed E-state index contributed by atoms with van der Waals surface area (Å²) in [6.45, 7) is 2.23. The predicted molar refractivity (Wildman–Crippen MR) is 98.1 cm³/mol. The smallest absolute Gasteiger partial charge is 0.325 e. The summed E-state index contributed by atoms with van der Waals surface area (Å²) in [5.41, 5.74) is 2.06. The zero-order chi connectivity index (χ0) is 17.1. The number of thioether (sulfide) groups is 1. The molecule has 0 aliphatic carbocycles. The number of aromatic amines is 1. The number of amides is 1. The first kappa shape index (κ1) is 16.9. The fourth-order valence-corrected chi connectivity index (χ4v) is 4.22. The number of H-pyrrole nitrogens is 1. The van der Waals surface area contributed by atoms with Gasteiger partial charge in [-0.15, -0.1) is 0 Å². The first-order valence-corrected chi connectivity index (χ1v) is 9.15. The van der Waals surface area contributed by atoms with Gasteiger partial charge in [0.2, 0.25) is 5.91 Å². The van der Waals surface area contributed by atoms with Crippen molar-refractivity contribution in [3.05, 3.63) is 46.6 Å². The number of nitrogens with one attached hydrogen (secondary N) is 2. The molecule has 3 rings (SSSR count). The van der Waals surface area contributed by atoms with E-state index in [4.69, 9.17) is 0 Å². The summed E-state index contributed by atoms with van der Waals surface area (Å²) in [6, 6.07) is 7.81. The molecule has 128 valence electrons. The molecule has 0 radical (unpaired) electrons. The van der Waals surface area contributed by atoms with Crippen LogP contribution in [0.4, 0.5) is 5.69 Å². The molecule has 1 aromatic heterocycles. The largest absolute Gasteiger partial charge is 0.330 e. The molecule has 0 saturated carbocycles. The van der Waals surface area contributed by atoms with Crippen LogP contribution in [-0.4, -0.2) is 51.5 Å². The molecule has 1 atom stereocenters. The molecule has 0 spiro atoms. The van der Waals surface area contributed by atoms with Crippen molar-refractivity contribution in [2.24, 2.45) is 0 Å². The topological polar surface area (TPSA) is 70.1 Å². The Hall–Kier alpha value is -1.99. The number of imidazole rings is 1. The number of hydrogen-bond acceptors (Lipinski definition) is 4. The minimum Gasteiger partial charge on any atom is -0.325 e. The second-order valence-corrected chi connectivity index (χ2v) is 7.25. The van der Waals surface area contributed by atoms with Crippen molar-refractivity contribution in [2.45, 2.75) is 19.4 Å². The van der Waals surface area contributed by atoms with Gasteiger partial charge in [0.1, 0.15) is 0 Å². The fraction of sp³-hybridized carbons (Fsp3) is 0.412. The van der Waals surface area contributed by atoms with Crippen LogP contribution in [-0.2, 0) is 4.79 Å². The van der Waals surface area contributed by atoms with Crippen molar-refractivity contribution in [1.29, 1.82) is 0 Å². The SMILES string of the molecule is Cc1c[nH]c(=O)n1-c1cccc(NC(=O)CN(C)[C@@H]2CCSC2)c1. The van der Waals surface area contributed by atoms with E-state index in [1.54, 1.807) is 10.8 Å². The lowest BCUT2D eigenvalue weighted by Gasteiger charge is -2.22. The Kier molecular flexibility index (Phi) is 5.11. The van der Waals surface area contributed by atoms with E-state index < -0.39 is 0 Å². The fourth-order valence-electron chi connectivity index (χ4n) is 2.92. The van der Waals surface area contributed by atoms with Crippen molar-refractivity contribution < 1.29 is 4.79 Å². The molecule has 2 heterocycles. The van der Waals surface area contributed by atoms with E-state index in [-0.39, 0.29) is 11.6 Å². The first-order valence-electron chi connectivity index (χ1n) is 8.00. The highest BCUT2D eigenvalue weighted by Crippen LogP contribution is 2.21. The van der Waals surface area contributed by atoms with E-state index >= 15 is 0 Å². The Morgan fingerprint density at radius 2 is 2.33 bits per heavy atom. The number of aromatic nitrogens is 2. The van der Waals surface area contributed by atoms with Crippen LogP contribution in [0.3, 0.4) is 0 Å². The third-order valence-electron chi connectivity index (χ3n) is 4.27. The van der Waals surface area contributed by atoms with E-state index in [2.05, 4.69) is 15.2 Å². The van der Waals surface area contributed by atoms with Crippen LogP contribution in [0.1, 0.15) is 12.1 Å². The van der Waals surface area contributed by atoms with Gasteiger partial charge in [-0.25, -0.2) is 4.79 Å². The molecule has 1 saturated heterocycles. The molecule has 2 aromatic rings. The Labute approximate surface area is 145 Å². The molecule has 24 heavy (non-hydrogen) atoms. The van der Waals surface area contributed by atoms with Gasteiger partial charge in [-0.05, 0) is 44.3 Å². The summed E-state index contributed by atoms with van der Waals surface area (Å²) in [4.78, 5) is 28.9. The average molecular weight is 346 g/mol. The third-order valence-corrected chi connectivity index (χ3v) is 5.42. The zero-order valence-corrected chi connectivity index (χ0v) is 14.7. The predicted octanol–water partition coefficient (Wildman–Crippen LogP) is 1.85. The lowest BCUT2D eigenvalue weighted by atomic mass is 10.2. The van der Waals surface area contributed by atoms with Crippen molar-refractivity contribution in [3.63, 3.8) is 0 Å². The van der Waals surface area contributed by atoms with E-state index in [0.29, 0.717) is 18.3 Å². The van der Waals surface area contributed by atoms with Gasteiger partial charge in [0.05, 0.1) is 12.2 Å². The summed E-state index contributed by atoms with van der Waals surface area (Å²) in [7, 11) is 2.00. The van der Waals surface area contributed by atoms with Gasteiger partial charge in [0.15, 0.2) is 0 Å². The maximum atomic E-state index is 12.3. The lowest BCUT2D eigenvalue weighted by molar-refractivity contribution is -0.117. The molecule has 1 aromatic carbocycles. The molecule has 0 unspecified atom stereocenters. The number of likely N-dealkylation sites (N-methyl/N-ethyl adjacent to an activating group) is 1. The van der Waals surface area contributed by atoms with Crippen LogP contribution in [0, 0.1) is 6.92 Å². The Bertz CT molecular complexity index is 777. The summed E-state index contributed by atoms with van der Waals surface area (Å²) in [5.74, 6) is 2.22. The number of nitrogens with zero attached hydrogens (tertiary/aromatic N) is 2. The highest BCUT2D eigenvalue weighted by Gasteiger charge is 2.21. The maximum Gasteiger partial charge on any atom is 0.330 e. The van der Waals surface area contributed by atoms with Crippen LogP contribution in [0.15, 0.2) is 35.3 Å². The summed E-state index contributed by atoms with van der Waals surface area (Å²) in [5, 5.41) is 2.92. The number of rotatable bonds is 5. The highest BCUT2D eigenvalue weighted by molar-refractivity contribution is 7.99. The van der Waals surface area contributed by atoms with Gasteiger partial charge in [-0.3, -0.25) is 14.3 Å². The monoisotopic (exact) mass is 346 g/mol. The van der Waals surface area contributed by atoms with E-state index in [1.807, 2.05) is 50.0 Å². The van der Waals surface area contributed by atoms with Gasteiger partial charge in [0.25, 0.3) is 0 Å². The third kappa shape index (κ3) is 3.73. The molecule has 1 aliphatic rings. The van der Waals surface area contributed by atoms with Crippen LogP contribution in [0.5, 0.6) is 0 Å². The number of carbonyl (C=O) groups excluding carboxylic acids is 1. The second-order valence-electron chi connectivity index (χ2n) is 6.10. The summed E-state index contributed by atoms with van der Waals surface area (Å²) < 4.78 is 1.58. The molecule has 0 bridgehead atoms. The summed E-state index contributed by atoms with van der Waals surface area (Å²) >= 11 is 1.94. The Balaban J connectivity index is 1.68.